The van der Waals surface area contributed by atoms with Crippen molar-refractivity contribution in [2.75, 3.05) is 5.73 Å². The van der Waals surface area contributed by atoms with Crippen molar-refractivity contribution >= 4 is 35.3 Å². The van der Waals surface area contributed by atoms with Crippen LogP contribution in [-0.4, -0.2) is 12.5 Å². The molecule has 0 aliphatic heterocycles. The standard InChI is InChI=1S/C8H8BClNO/c1-9-5-2-3-6(8(10)12)7(11)4-5/h2-4H,11H2,1H3. The van der Waals surface area contributed by atoms with Gasteiger partial charge in [-0.2, -0.15) is 0 Å². The van der Waals surface area contributed by atoms with E-state index in [9.17, 15) is 4.79 Å². The quantitative estimate of drug-likeness (QED) is 0.420. The number of hydrogen-bond donors (Lipinski definition) is 1. The first-order chi connectivity index (χ1) is 5.65. The molecule has 61 valence electrons. The van der Waals surface area contributed by atoms with Crippen LogP contribution in [-0.2, 0) is 0 Å². The average Bonchev–Trinajstić information content (AvgIpc) is 2.03. The highest BCUT2D eigenvalue weighted by Crippen LogP contribution is 2.11. The third kappa shape index (κ3) is 1.80. The number of carbonyl (C=O) groups excluding carboxylic acids is 1. The van der Waals surface area contributed by atoms with Crippen molar-refractivity contribution in [2.45, 2.75) is 6.82 Å². The predicted molar refractivity (Wildman–Crippen MR) is 52.3 cm³/mol. The van der Waals surface area contributed by atoms with E-state index in [4.69, 9.17) is 17.3 Å². The first-order valence-electron chi connectivity index (χ1n) is 3.54. The summed E-state index contributed by atoms with van der Waals surface area (Å²) in [5, 5.41) is -0.518. The summed E-state index contributed by atoms with van der Waals surface area (Å²) in [6.07, 6.45) is 0. The van der Waals surface area contributed by atoms with Gasteiger partial charge in [-0.1, -0.05) is 18.4 Å². The minimum Gasteiger partial charge on any atom is -0.398 e. The molecule has 0 saturated heterocycles. The molecule has 1 aromatic rings. The van der Waals surface area contributed by atoms with Gasteiger partial charge in [0.05, 0.1) is 5.56 Å². The molecule has 2 nitrogen and oxygen atoms in total. The van der Waals surface area contributed by atoms with Gasteiger partial charge in [-0.05, 0) is 23.7 Å². The van der Waals surface area contributed by atoms with Crippen LogP contribution in [0.2, 0.25) is 6.82 Å². The number of carbonyl (C=O) groups is 1. The van der Waals surface area contributed by atoms with E-state index in [2.05, 4.69) is 0 Å². The van der Waals surface area contributed by atoms with E-state index >= 15 is 0 Å². The third-order valence-corrected chi connectivity index (χ3v) is 1.82. The molecule has 0 spiro atoms. The molecular weight excluding hydrogens is 172 g/mol. The Morgan fingerprint density at radius 3 is 2.67 bits per heavy atom. The van der Waals surface area contributed by atoms with Gasteiger partial charge in [0.2, 0.25) is 0 Å². The van der Waals surface area contributed by atoms with E-state index in [1.807, 2.05) is 14.1 Å². The molecule has 12 heavy (non-hydrogen) atoms. The molecule has 4 heteroatoms. The Morgan fingerprint density at radius 1 is 1.58 bits per heavy atom. The Morgan fingerprint density at radius 2 is 2.25 bits per heavy atom. The monoisotopic (exact) mass is 180 g/mol. The molecule has 1 rings (SSSR count). The van der Waals surface area contributed by atoms with E-state index in [1.165, 1.54) is 0 Å². The van der Waals surface area contributed by atoms with Crippen LogP contribution >= 0.6 is 11.6 Å². The van der Waals surface area contributed by atoms with Crippen molar-refractivity contribution in [3.05, 3.63) is 23.8 Å². The molecule has 0 bridgehead atoms. The van der Waals surface area contributed by atoms with Gasteiger partial charge < -0.3 is 5.73 Å². The second kappa shape index (κ2) is 3.63. The van der Waals surface area contributed by atoms with Crippen molar-refractivity contribution in [1.82, 2.24) is 0 Å². The van der Waals surface area contributed by atoms with Gasteiger partial charge in [0.25, 0.3) is 5.24 Å². The van der Waals surface area contributed by atoms with E-state index < -0.39 is 5.24 Å². The van der Waals surface area contributed by atoms with E-state index in [0.717, 1.165) is 5.46 Å². The Balaban J connectivity index is 3.12. The fourth-order valence-corrected chi connectivity index (χ4v) is 1.11. The maximum atomic E-state index is 10.7. The van der Waals surface area contributed by atoms with Gasteiger partial charge in [-0.3, -0.25) is 4.79 Å². The van der Waals surface area contributed by atoms with Gasteiger partial charge in [-0.15, -0.1) is 0 Å². The maximum absolute atomic E-state index is 10.7. The topological polar surface area (TPSA) is 43.1 Å². The minimum atomic E-state index is -0.518. The number of anilines is 1. The van der Waals surface area contributed by atoms with Crippen LogP contribution in [0.15, 0.2) is 18.2 Å². The highest BCUT2D eigenvalue weighted by molar-refractivity contribution is 6.68. The zero-order chi connectivity index (χ0) is 9.14. The number of benzene rings is 1. The molecule has 0 amide bonds. The minimum absolute atomic E-state index is 0.363. The van der Waals surface area contributed by atoms with Gasteiger partial charge in [0, 0.05) is 5.69 Å². The number of nitrogen functional groups attached to an aromatic ring is 1. The summed E-state index contributed by atoms with van der Waals surface area (Å²) < 4.78 is 0. The van der Waals surface area contributed by atoms with Crippen molar-refractivity contribution in [2.24, 2.45) is 0 Å². The molecular formula is C8H8BClNO. The number of halogens is 1. The number of hydrogen-bond acceptors (Lipinski definition) is 2. The van der Waals surface area contributed by atoms with Gasteiger partial charge in [0.1, 0.15) is 7.28 Å². The van der Waals surface area contributed by atoms with E-state index in [0.29, 0.717) is 11.3 Å². The van der Waals surface area contributed by atoms with Crippen molar-refractivity contribution in [1.29, 1.82) is 0 Å². The fraction of sp³-hybridized carbons (Fsp3) is 0.125. The van der Waals surface area contributed by atoms with Crippen LogP contribution in [0.3, 0.4) is 0 Å². The highest BCUT2D eigenvalue weighted by atomic mass is 35.5. The lowest BCUT2D eigenvalue weighted by Gasteiger charge is -2.01. The second-order valence-corrected chi connectivity index (χ2v) is 2.75. The summed E-state index contributed by atoms with van der Waals surface area (Å²) in [7, 11) is 1.90. The van der Waals surface area contributed by atoms with Crippen LogP contribution in [0.4, 0.5) is 5.69 Å². The first-order valence-corrected chi connectivity index (χ1v) is 3.91. The van der Waals surface area contributed by atoms with E-state index in [-0.39, 0.29) is 0 Å². The normalized spacial score (nSPS) is 9.50. The summed E-state index contributed by atoms with van der Waals surface area (Å²) in [6, 6.07) is 5.14. The molecule has 2 N–H and O–H groups in total. The van der Waals surface area contributed by atoms with Crippen LogP contribution in [0.25, 0.3) is 0 Å². The number of rotatable bonds is 2. The van der Waals surface area contributed by atoms with Crippen LogP contribution < -0.4 is 11.2 Å². The molecule has 0 saturated carbocycles. The summed E-state index contributed by atoms with van der Waals surface area (Å²) >= 11 is 5.27. The molecule has 0 aromatic heterocycles. The number of nitrogens with two attached hydrogens (primary N) is 1. The average molecular weight is 180 g/mol. The molecule has 0 unspecified atom stereocenters. The Bertz CT molecular complexity index is 314. The van der Waals surface area contributed by atoms with Crippen molar-refractivity contribution in [3.8, 4) is 0 Å². The Hall–Kier alpha value is -0.955. The Labute approximate surface area is 77.0 Å². The molecule has 1 radical (unpaired) electrons. The van der Waals surface area contributed by atoms with Gasteiger partial charge in [-0.25, -0.2) is 0 Å². The Kier molecular flexibility index (Phi) is 2.76. The zero-order valence-corrected chi connectivity index (χ0v) is 7.43. The largest absolute Gasteiger partial charge is 0.398 e. The molecule has 0 aliphatic carbocycles. The lowest BCUT2D eigenvalue weighted by Crippen LogP contribution is -2.12. The molecule has 0 atom stereocenters. The SMILES string of the molecule is C[B]c1ccc(C(=O)Cl)c(N)c1. The first kappa shape index (κ1) is 9.14. The van der Waals surface area contributed by atoms with Gasteiger partial charge >= 0.3 is 0 Å². The zero-order valence-electron chi connectivity index (χ0n) is 6.67. The lowest BCUT2D eigenvalue weighted by atomic mass is 9.73. The van der Waals surface area contributed by atoms with Crippen LogP contribution in [0, 0.1) is 0 Å². The van der Waals surface area contributed by atoms with Gasteiger partial charge in [0.15, 0.2) is 0 Å². The molecule has 1 aromatic carbocycles. The molecule has 0 heterocycles. The fourth-order valence-electron chi connectivity index (χ4n) is 0.940. The van der Waals surface area contributed by atoms with Crippen molar-refractivity contribution in [3.63, 3.8) is 0 Å². The summed E-state index contributed by atoms with van der Waals surface area (Å²) in [5.41, 5.74) is 7.34. The third-order valence-electron chi connectivity index (χ3n) is 1.62. The summed E-state index contributed by atoms with van der Waals surface area (Å²) in [6.45, 7) is 1.90. The van der Waals surface area contributed by atoms with Crippen molar-refractivity contribution < 1.29 is 4.79 Å². The molecule has 0 fully saturated rings. The van der Waals surface area contributed by atoms with Crippen LogP contribution in [0.1, 0.15) is 10.4 Å². The van der Waals surface area contributed by atoms with E-state index in [1.54, 1.807) is 18.2 Å². The van der Waals surface area contributed by atoms with Crippen LogP contribution in [0.5, 0.6) is 0 Å². The summed E-state index contributed by atoms with van der Waals surface area (Å²) in [4.78, 5) is 10.7. The molecule has 0 aliphatic rings. The summed E-state index contributed by atoms with van der Waals surface area (Å²) in [5.74, 6) is 0. The second-order valence-electron chi connectivity index (χ2n) is 2.41. The smallest absolute Gasteiger partial charge is 0.254 e. The predicted octanol–water partition coefficient (Wildman–Crippen LogP) is 1.03. The maximum Gasteiger partial charge on any atom is 0.254 e. The highest BCUT2D eigenvalue weighted by Gasteiger charge is 2.05. The lowest BCUT2D eigenvalue weighted by molar-refractivity contribution is 0.108.